The van der Waals surface area contributed by atoms with Crippen molar-refractivity contribution in [2.24, 2.45) is 4.41 Å². The highest BCUT2D eigenvalue weighted by atomic mass is 31.2. The fourth-order valence-corrected chi connectivity index (χ4v) is 8.04. The first kappa shape index (κ1) is 17.8. The van der Waals surface area contributed by atoms with Gasteiger partial charge in [-0.1, -0.05) is 36.4 Å². The van der Waals surface area contributed by atoms with Crippen molar-refractivity contribution in [3.05, 3.63) is 60.7 Å². The molecule has 0 saturated carbocycles. The summed E-state index contributed by atoms with van der Waals surface area (Å²) >= 11 is 0. The third kappa shape index (κ3) is 4.27. The molecule has 0 spiro atoms. The second-order valence-corrected chi connectivity index (χ2v) is 13.6. The number of benzene rings is 2. The van der Waals surface area contributed by atoms with Crippen molar-refractivity contribution in [3.63, 3.8) is 0 Å². The van der Waals surface area contributed by atoms with Crippen LogP contribution >= 0.6 is 7.28 Å². The largest absolute Gasteiger partial charge is 0.459 e. The van der Waals surface area contributed by atoms with E-state index in [9.17, 15) is 13.2 Å². The van der Waals surface area contributed by atoms with Crippen molar-refractivity contribution in [1.29, 1.82) is 0 Å². The summed E-state index contributed by atoms with van der Waals surface area (Å²) in [6.45, 7) is 5.35. The van der Waals surface area contributed by atoms with Gasteiger partial charge >= 0.3 is 5.92 Å². The van der Waals surface area contributed by atoms with E-state index in [1.807, 2.05) is 0 Å². The van der Waals surface area contributed by atoms with Gasteiger partial charge in [-0.3, -0.25) is 4.41 Å². The van der Waals surface area contributed by atoms with Crippen molar-refractivity contribution < 1.29 is 17.7 Å². The average Bonchev–Trinajstić information content (AvgIpc) is 2.46. The Balaban J connectivity index is 2.73. The maximum absolute atomic E-state index is 14.1. The van der Waals surface area contributed by atoms with Crippen LogP contribution in [0.2, 0.25) is 19.6 Å². The summed E-state index contributed by atoms with van der Waals surface area (Å²) in [5, 5.41) is 0.0961. The Hall–Kier alpha value is -1.52. The molecule has 2 nitrogen and oxygen atoms in total. The maximum atomic E-state index is 14.1. The molecule has 0 saturated heterocycles. The van der Waals surface area contributed by atoms with E-state index in [-0.39, 0.29) is 11.1 Å². The minimum Gasteiger partial charge on any atom is -0.448 e. The predicted octanol–water partition coefficient (Wildman–Crippen LogP) is 5.86. The van der Waals surface area contributed by atoms with Crippen molar-refractivity contribution in [2.75, 3.05) is 0 Å². The van der Waals surface area contributed by atoms with Gasteiger partial charge < -0.3 is 4.52 Å². The van der Waals surface area contributed by atoms with Crippen LogP contribution in [-0.2, 0) is 0 Å². The van der Waals surface area contributed by atoms with Gasteiger partial charge in [0, 0.05) is 5.30 Å². The zero-order valence-corrected chi connectivity index (χ0v) is 15.1. The van der Waals surface area contributed by atoms with E-state index in [4.69, 9.17) is 4.52 Å². The molecule has 1 atom stereocenters. The first-order valence-corrected chi connectivity index (χ1v) is 12.3. The zero-order chi connectivity index (χ0) is 17.1. The van der Waals surface area contributed by atoms with E-state index in [1.165, 1.54) is 24.3 Å². The SMILES string of the molecule is C[Si](C)(C)N=P(Oc1ccccc1)(c1ccccc1)C(F)(F)F. The lowest BCUT2D eigenvalue weighted by molar-refractivity contribution is -0.0468. The molecule has 2 aromatic rings. The lowest BCUT2D eigenvalue weighted by atomic mass is 10.3. The number of para-hydroxylation sites is 1. The van der Waals surface area contributed by atoms with Crippen LogP contribution in [0.1, 0.15) is 0 Å². The van der Waals surface area contributed by atoms with Gasteiger partial charge in [0.25, 0.3) is 7.28 Å². The molecule has 2 rings (SSSR count). The highest BCUT2D eigenvalue weighted by Crippen LogP contribution is 2.63. The van der Waals surface area contributed by atoms with Crippen LogP contribution in [0.25, 0.3) is 0 Å². The number of halogens is 3. The lowest BCUT2D eigenvalue weighted by Crippen LogP contribution is -2.28. The molecule has 0 amide bonds. The van der Waals surface area contributed by atoms with E-state index in [1.54, 1.807) is 56.0 Å². The standard InChI is InChI=1S/C16H19F3NOPSi/c1-23(2,3)20-22(16(17,18)19,15-12-8-5-9-13-15)21-14-10-6-4-7-11-14/h4-13H,1-3H3. The van der Waals surface area contributed by atoms with Crippen LogP contribution < -0.4 is 9.83 Å². The van der Waals surface area contributed by atoms with Gasteiger partial charge in [0.1, 0.15) is 5.75 Å². The van der Waals surface area contributed by atoms with Crippen LogP contribution in [0.5, 0.6) is 5.75 Å². The molecule has 0 aliphatic heterocycles. The normalized spacial score (nSPS) is 14.9. The molecule has 0 N–H and O–H groups in total. The van der Waals surface area contributed by atoms with Gasteiger partial charge in [0.05, 0.1) is 0 Å². The van der Waals surface area contributed by atoms with Crippen LogP contribution in [0.15, 0.2) is 65.1 Å². The molecule has 0 aliphatic carbocycles. The van der Waals surface area contributed by atoms with Gasteiger partial charge in [-0.25, -0.2) is 0 Å². The lowest BCUT2D eigenvalue weighted by Gasteiger charge is -2.31. The summed E-state index contributed by atoms with van der Waals surface area (Å²) in [6.07, 6.45) is 0. The van der Waals surface area contributed by atoms with Gasteiger partial charge in [0.2, 0.25) is 0 Å². The van der Waals surface area contributed by atoms with E-state index in [0.29, 0.717) is 0 Å². The van der Waals surface area contributed by atoms with Crippen LogP contribution in [0.3, 0.4) is 0 Å². The molecule has 0 radical (unpaired) electrons. The second-order valence-electron chi connectivity index (χ2n) is 6.05. The molecule has 0 fully saturated rings. The predicted molar refractivity (Wildman–Crippen MR) is 91.9 cm³/mol. The summed E-state index contributed by atoms with van der Waals surface area (Å²) in [5.74, 6) is -4.38. The Morgan fingerprint density at radius 2 is 1.35 bits per heavy atom. The molecular formula is C16H19F3NOPSi. The highest BCUT2D eigenvalue weighted by Gasteiger charge is 2.53. The van der Waals surface area contributed by atoms with E-state index < -0.39 is 21.4 Å². The van der Waals surface area contributed by atoms with Gasteiger partial charge in [-0.15, -0.1) is 0 Å². The number of rotatable bonds is 4. The monoisotopic (exact) mass is 357 g/mol. The second kappa shape index (κ2) is 6.54. The summed E-state index contributed by atoms with van der Waals surface area (Å²) in [6, 6.07) is 15.9. The topological polar surface area (TPSA) is 21.6 Å². The van der Waals surface area contributed by atoms with Crippen LogP contribution in [0, 0.1) is 0 Å². The molecule has 1 unspecified atom stereocenters. The van der Waals surface area contributed by atoms with E-state index in [2.05, 4.69) is 4.41 Å². The molecule has 0 aromatic heterocycles. The fourth-order valence-electron chi connectivity index (χ4n) is 2.07. The molecule has 0 bridgehead atoms. The quantitative estimate of drug-likeness (QED) is 0.496. The van der Waals surface area contributed by atoms with Crippen molar-refractivity contribution in [1.82, 2.24) is 0 Å². The zero-order valence-electron chi connectivity index (χ0n) is 13.2. The van der Waals surface area contributed by atoms with Crippen molar-refractivity contribution in [3.8, 4) is 5.75 Å². The Morgan fingerprint density at radius 1 is 0.870 bits per heavy atom. The molecule has 124 valence electrons. The third-order valence-electron chi connectivity index (χ3n) is 2.87. The Bertz CT molecular complexity index is 697. The molecule has 7 heteroatoms. The summed E-state index contributed by atoms with van der Waals surface area (Å²) < 4.78 is 52.3. The Morgan fingerprint density at radius 3 is 1.78 bits per heavy atom. The smallest absolute Gasteiger partial charge is 0.448 e. The minimum absolute atomic E-state index is 0.0961. The van der Waals surface area contributed by atoms with Crippen molar-refractivity contribution >= 4 is 20.8 Å². The number of alkyl halides is 3. The molecule has 23 heavy (non-hydrogen) atoms. The van der Waals surface area contributed by atoms with Gasteiger partial charge in [-0.05, 0) is 43.9 Å². The van der Waals surface area contributed by atoms with Crippen LogP contribution in [0.4, 0.5) is 13.2 Å². The summed E-state index contributed by atoms with van der Waals surface area (Å²) in [7, 11) is -6.60. The van der Waals surface area contributed by atoms with Crippen molar-refractivity contribution in [2.45, 2.75) is 25.6 Å². The average molecular weight is 357 g/mol. The number of hydrogen-bond donors (Lipinski definition) is 0. The third-order valence-corrected chi connectivity index (χ3v) is 8.56. The number of hydrogen-bond acceptors (Lipinski definition) is 2. The Labute approximate surface area is 135 Å². The summed E-state index contributed by atoms with van der Waals surface area (Å²) in [5.41, 5.74) is 0. The van der Waals surface area contributed by atoms with Crippen LogP contribution in [-0.4, -0.2) is 14.2 Å². The highest BCUT2D eigenvalue weighted by molar-refractivity contribution is 7.71. The first-order valence-electron chi connectivity index (χ1n) is 7.15. The van der Waals surface area contributed by atoms with E-state index in [0.717, 1.165) is 0 Å². The molecule has 0 aliphatic rings. The first-order chi connectivity index (χ1) is 10.6. The molecular weight excluding hydrogens is 338 g/mol. The van der Waals surface area contributed by atoms with E-state index >= 15 is 0 Å². The van der Waals surface area contributed by atoms with Gasteiger partial charge in [-0.2, -0.15) is 13.2 Å². The minimum atomic E-state index is -4.57. The fraction of sp³-hybridized carbons (Fsp3) is 0.250. The maximum Gasteiger partial charge on any atom is 0.459 e. The molecule has 0 heterocycles. The Kier molecular flexibility index (Phi) is 5.06. The molecule has 2 aromatic carbocycles. The summed E-state index contributed by atoms with van der Waals surface area (Å²) in [4.78, 5) is 0. The van der Waals surface area contributed by atoms with Gasteiger partial charge in [0.15, 0.2) is 8.24 Å². The number of nitrogens with zero attached hydrogens (tertiary/aromatic N) is 1.